The van der Waals surface area contributed by atoms with Crippen LogP contribution in [-0.4, -0.2) is 44.4 Å². The number of nitrogens with zero attached hydrogens (tertiary/aromatic N) is 2. The molecule has 0 unspecified atom stereocenters. The van der Waals surface area contributed by atoms with Gasteiger partial charge in [-0.25, -0.2) is 4.79 Å². The van der Waals surface area contributed by atoms with Crippen LogP contribution in [0.1, 0.15) is 22.8 Å². The number of esters is 1. The number of nitrogens with one attached hydrogen (secondary N) is 1. The van der Waals surface area contributed by atoms with E-state index in [1.54, 1.807) is 55.5 Å². The summed E-state index contributed by atoms with van der Waals surface area (Å²) in [6.45, 7) is 1.94. The molecule has 4 aromatic rings. The lowest BCUT2D eigenvalue weighted by molar-refractivity contribution is -0.111. The summed E-state index contributed by atoms with van der Waals surface area (Å²) in [7, 11) is 4.47. The minimum Gasteiger partial charge on any atom is -0.493 e. The highest BCUT2D eigenvalue weighted by atomic mass is 32.1. The van der Waals surface area contributed by atoms with Gasteiger partial charge in [0.15, 0.2) is 17.1 Å². The molecule has 0 aliphatic heterocycles. The molecule has 0 spiro atoms. The fourth-order valence-corrected chi connectivity index (χ4v) is 5.19. The SMILES string of the molecule is CCOC(=O)c1ccc(NC(=O)/C(C#N)=c2/s/c(=C/c3cc(OC)c(OC)c(OC)c3)c(=O)n2-c2ccccc2)cc1. The van der Waals surface area contributed by atoms with Crippen molar-refractivity contribution in [2.24, 2.45) is 0 Å². The number of para-hydroxylation sites is 1. The van der Waals surface area contributed by atoms with E-state index >= 15 is 0 Å². The molecule has 1 heterocycles. The van der Waals surface area contributed by atoms with Gasteiger partial charge >= 0.3 is 5.97 Å². The number of hydrogen-bond donors (Lipinski definition) is 1. The largest absolute Gasteiger partial charge is 0.493 e. The topological polar surface area (TPSA) is 129 Å². The molecule has 0 bridgehead atoms. The highest BCUT2D eigenvalue weighted by Gasteiger charge is 2.18. The van der Waals surface area contributed by atoms with Crippen LogP contribution in [0.3, 0.4) is 0 Å². The summed E-state index contributed by atoms with van der Waals surface area (Å²) in [4.78, 5) is 39.0. The van der Waals surface area contributed by atoms with E-state index in [1.807, 2.05) is 6.07 Å². The summed E-state index contributed by atoms with van der Waals surface area (Å²) < 4.78 is 23.0. The lowest BCUT2D eigenvalue weighted by atomic mass is 10.1. The molecule has 1 N–H and O–H groups in total. The third kappa shape index (κ3) is 6.19. The van der Waals surface area contributed by atoms with Gasteiger partial charge in [0.25, 0.3) is 11.5 Å². The van der Waals surface area contributed by atoms with E-state index in [0.717, 1.165) is 11.3 Å². The number of carbonyl (C=O) groups is 2. The Balaban J connectivity index is 1.87. The molecule has 1 amide bonds. The van der Waals surface area contributed by atoms with Crippen molar-refractivity contribution in [1.82, 2.24) is 4.57 Å². The molecule has 0 fully saturated rings. The summed E-state index contributed by atoms with van der Waals surface area (Å²) in [6, 6.07) is 20.1. The van der Waals surface area contributed by atoms with Crippen molar-refractivity contribution in [1.29, 1.82) is 5.26 Å². The Morgan fingerprint density at radius 2 is 1.62 bits per heavy atom. The third-order valence-electron chi connectivity index (χ3n) is 6.03. The smallest absolute Gasteiger partial charge is 0.338 e. The second kappa shape index (κ2) is 13.3. The minimum absolute atomic E-state index is 0.146. The number of anilines is 1. The predicted molar refractivity (Wildman–Crippen MR) is 159 cm³/mol. The Bertz CT molecular complexity index is 1810. The highest BCUT2D eigenvalue weighted by molar-refractivity contribution is 7.07. The second-order valence-corrected chi connectivity index (χ2v) is 9.62. The van der Waals surface area contributed by atoms with Gasteiger partial charge in [-0.3, -0.25) is 14.2 Å². The fourth-order valence-electron chi connectivity index (χ4n) is 4.09. The number of ether oxygens (including phenoxy) is 4. The zero-order chi connectivity index (χ0) is 30.2. The number of carbonyl (C=O) groups excluding carboxylic acids is 2. The first-order valence-electron chi connectivity index (χ1n) is 12.7. The third-order valence-corrected chi connectivity index (χ3v) is 7.12. The minimum atomic E-state index is -0.716. The zero-order valence-corrected chi connectivity index (χ0v) is 24.1. The van der Waals surface area contributed by atoms with Gasteiger partial charge < -0.3 is 24.3 Å². The molecule has 0 aliphatic rings. The van der Waals surface area contributed by atoms with Crippen LogP contribution in [0.4, 0.5) is 5.69 Å². The quantitative estimate of drug-likeness (QED) is 0.297. The molecule has 0 saturated heterocycles. The summed E-state index contributed by atoms with van der Waals surface area (Å²) in [5, 5.41) is 12.8. The first-order valence-corrected chi connectivity index (χ1v) is 13.5. The second-order valence-electron chi connectivity index (χ2n) is 8.59. The molecule has 42 heavy (non-hydrogen) atoms. The Labute approximate surface area is 245 Å². The van der Waals surface area contributed by atoms with Crippen LogP contribution < -0.4 is 34.3 Å². The number of aromatic nitrogens is 1. The maximum Gasteiger partial charge on any atom is 0.338 e. The Kier molecular flexibility index (Phi) is 9.42. The maximum atomic E-state index is 13.7. The van der Waals surface area contributed by atoms with E-state index in [0.29, 0.717) is 39.8 Å². The number of benzene rings is 3. The monoisotopic (exact) mass is 585 g/mol. The average Bonchev–Trinajstić information content (AvgIpc) is 3.32. The summed E-state index contributed by atoms with van der Waals surface area (Å²) >= 11 is 0.997. The molecule has 1 aromatic heterocycles. The van der Waals surface area contributed by atoms with Gasteiger partial charge in [0.2, 0.25) is 5.75 Å². The van der Waals surface area contributed by atoms with Crippen LogP contribution in [0.5, 0.6) is 17.2 Å². The van der Waals surface area contributed by atoms with E-state index in [9.17, 15) is 19.6 Å². The molecule has 11 heteroatoms. The van der Waals surface area contributed by atoms with Gasteiger partial charge in [0, 0.05) is 5.69 Å². The van der Waals surface area contributed by atoms with Crippen molar-refractivity contribution in [2.45, 2.75) is 6.92 Å². The van der Waals surface area contributed by atoms with Gasteiger partial charge in [-0.2, -0.15) is 5.26 Å². The van der Waals surface area contributed by atoms with Crippen molar-refractivity contribution in [3.63, 3.8) is 0 Å². The first kappa shape index (κ1) is 29.6. The lowest BCUT2D eigenvalue weighted by Crippen LogP contribution is -2.32. The van der Waals surface area contributed by atoms with Gasteiger partial charge in [-0.1, -0.05) is 18.2 Å². The Morgan fingerprint density at radius 3 is 2.17 bits per heavy atom. The molecule has 3 aromatic carbocycles. The molecule has 0 saturated carbocycles. The van der Waals surface area contributed by atoms with Crippen LogP contribution in [0.15, 0.2) is 71.5 Å². The number of methoxy groups -OCH3 is 3. The molecule has 0 atom stereocenters. The van der Waals surface area contributed by atoms with Crippen LogP contribution in [0.25, 0.3) is 17.3 Å². The number of amides is 1. The van der Waals surface area contributed by atoms with E-state index in [4.69, 9.17) is 18.9 Å². The lowest BCUT2D eigenvalue weighted by Gasteiger charge is -2.12. The van der Waals surface area contributed by atoms with Crippen molar-refractivity contribution in [2.75, 3.05) is 33.3 Å². The summed E-state index contributed by atoms with van der Waals surface area (Å²) in [5.41, 5.74) is 1.06. The van der Waals surface area contributed by atoms with Crippen LogP contribution >= 0.6 is 11.3 Å². The molecule has 10 nitrogen and oxygen atoms in total. The molecule has 4 rings (SSSR count). The standard InChI is InChI=1S/C31H27N3O7S/c1-5-41-31(37)20-11-13-21(14-12-20)33-28(35)23(18-32)30-34(22-9-7-6-8-10-22)29(36)26(42-30)17-19-15-24(38-2)27(40-4)25(16-19)39-3/h6-17H,5H2,1-4H3,(H,33,35)/b26-17+,30-23+. The van der Waals surface area contributed by atoms with Crippen molar-refractivity contribution >= 4 is 40.5 Å². The van der Waals surface area contributed by atoms with E-state index in [1.165, 1.54) is 50.2 Å². The molecule has 0 radical (unpaired) electrons. The molecular weight excluding hydrogens is 558 g/mol. The van der Waals surface area contributed by atoms with Crippen molar-refractivity contribution in [3.8, 4) is 29.0 Å². The molecule has 214 valence electrons. The Morgan fingerprint density at radius 1 is 0.976 bits per heavy atom. The van der Waals surface area contributed by atoms with Gasteiger partial charge in [0.05, 0.1) is 43.7 Å². The summed E-state index contributed by atoms with van der Waals surface area (Å²) in [5.74, 6) is 0.00668. The van der Waals surface area contributed by atoms with Crippen LogP contribution in [-0.2, 0) is 9.53 Å². The van der Waals surface area contributed by atoms with Gasteiger partial charge in [-0.15, -0.1) is 11.3 Å². The van der Waals surface area contributed by atoms with Gasteiger partial charge in [-0.05, 0) is 67.1 Å². The molecular formula is C31H27N3O7S. The van der Waals surface area contributed by atoms with Crippen LogP contribution in [0.2, 0.25) is 0 Å². The average molecular weight is 586 g/mol. The van der Waals surface area contributed by atoms with Crippen molar-refractivity contribution in [3.05, 3.63) is 97.4 Å². The number of nitriles is 1. The van der Waals surface area contributed by atoms with E-state index in [2.05, 4.69) is 5.32 Å². The number of thiazole rings is 1. The Hall–Kier alpha value is -5.34. The van der Waals surface area contributed by atoms with E-state index < -0.39 is 17.4 Å². The number of hydrogen-bond acceptors (Lipinski definition) is 9. The number of rotatable bonds is 9. The maximum absolute atomic E-state index is 13.7. The zero-order valence-electron chi connectivity index (χ0n) is 23.3. The predicted octanol–water partition coefficient (Wildman–Crippen LogP) is 3.24. The van der Waals surface area contributed by atoms with Crippen molar-refractivity contribution < 1.29 is 28.5 Å². The normalized spacial score (nSPS) is 11.7. The summed E-state index contributed by atoms with van der Waals surface area (Å²) in [6.07, 6.45) is 1.63. The highest BCUT2D eigenvalue weighted by Crippen LogP contribution is 2.38. The first-order chi connectivity index (χ1) is 20.3. The van der Waals surface area contributed by atoms with Gasteiger partial charge in [0.1, 0.15) is 10.7 Å². The fraction of sp³-hybridized carbons (Fsp3) is 0.161. The van der Waals surface area contributed by atoms with Crippen LogP contribution in [0, 0.1) is 11.3 Å². The van der Waals surface area contributed by atoms with E-state index in [-0.39, 0.29) is 21.4 Å². The molecule has 0 aliphatic carbocycles.